The number of esters is 1. The zero-order valence-electron chi connectivity index (χ0n) is 9.76. The summed E-state index contributed by atoms with van der Waals surface area (Å²) in [5.74, 6) is -1.50. The topological polar surface area (TPSA) is 105 Å². The maximum absolute atomic E-state index is 12.1. The third-order valence-electron chi connectivity index (χ3n) is 2.05. The number of hydrogen-bond acceptors (Lipinski definition) is 6. The van der Waals surface area contributed by atoms with Crippen LogP contribution in [-0.4, -0.2) is 24.1 Å². The summed E-state index contributed by atoms with van der Waals surface area (Å²) in [5, 5.41) is 10.7. The van der Waals surface area contributed by atoms with Crippen molar-refractivity contribution >= 4 is 17.3 Å². The highest BCUT2D eigenvalue weighted by molar-refractivity contribution is 5.98. The van der Waals surface area contributed by atoms with E-state index in [0.29, 0.717) is 6.07 Å². The van der Waals surface area contributed by atoms with E-state index in [9.17, 15) is 23.7 Å². The summed E-state index contributed by atoms with van der Waals surface area (Å²) in [6.07, 6.45) is 0. The summed E-state index contributed by atoms with van der Waals surface area (Å²) in [5.41, 5.74) is 3.86. The van der Waals surface area contributed by atoms with Gasteiger partial charge in [0.25, 0.3) is 5.69 Å². The summed E-state index contributed by atoms with van der Waals surface area (Å²) in [6.45, 7) is -1.66. The molecule has 0 saturated carbocycles. The van der Waals surface area contributed by atoms with Crippen molar-refractivity contribution < 1.29 is 28.0 Å². The highest BCUT2D eigenvalue weighted by atomic mass is 19.3. The van der Waals surface area contributed by atoms with Crippen molar-refractivity contribution in [3.05, 3.63) is 27.8 Å². The number of hydrogen-bond donors (Lipinski definition) is 1. The van der Waals surface area contributed by atoms with Gasteiger partial charge in [0.05, 0.1) is 23.2 Å². The van der Waals surface area contributed by atoms with Gasteiger partial charge < -0.3 is 15.2 Å². The maximum Gasteiger partial charge on any atom is 0.387 e. The molecule has 19 heavy (non-hydrogen) atoms. The lowest BCUT2D eigenvalue weighted by Crippen LogP contribution is -2.11. The molecule has 9 heteroatoms. The van der Waals surface area contributed by atoms with Crippen LogP contribution in [0.2, 0.25) is 0 Å². The van der Waals surface area contributed by atoms with Gasteiger partial charge in [-0.1, -0.05) is 0 Å². The molecule has 0 aromatic heterocycles. The number of nitrogens with two attached hydrogens (primary N) is 1. The summed E-state index contributed by atoms with van der Waals surface area (Å²) in [4.78, 5) is 21.3. The van der Waals surface area contributed by atoms with Crippen LogP contribution in [-0.2, 0) is 4.74 Å². The Kier molecular flexibility index (Phi) is 4.56. The first-order chi connectivity index (χ1) is 8.86. The average Bonchev–Trinajstić information content (AvgIpc) is 2.30. The van der Waals surface area contributed by atoms with E-state index in [-0.39, 0.29) is 6.61 Å². The summed E-state index contributed by atoms with van der Waals surface area (Å²) in [7, 11) is 0. The van der Waals surface area contributed by atoms with Crippen molar-refractivity contribution in [3.63, 3.8) is 0 Å². The Morgan fingerprint density at radius 2 is 2.16 bits per heavy atom. The SMILES string of the molecule is CCOC(=O)c1cc(OC(F)F)cc([N+](=O)[O-])c1N. The van der Waals surface area contributed by atoms with Crippen LogP contribution in [0.4, 0.5) is 20.2 Å². The van der Waals surface area contributed by atoms with E-state index < -0.39 is 40.2 Å². The van der Waals surface area contributed by atoms with Crippen molar-refractivity contribution in [3.8, 4) is 5.75 Å². The minimum Gasteiger partial charge on any atom is -0.462 e. The normalized spacial score (nSPS) is 10.3. The van der Waals surface area contributed by atoms with Crippen molar-refractivity contribution in [1.29, 1.82) is 0 Å². The molecule has 0 fully saturated rings. The van der Waals surface area contributed by atoms with E-state index in [4.69, 9.17) is 5.73 Å². The fraction of sp³-hybridized carbons (Fsp3) is 0.300. The van der Waals surface area contributed by atoms with Crippen LogP contribution in [0.3, 0.4) is 0 Å². The number of nitro benzene ring substituents is 1. The molecule has 104 valence electrons. The molecule has 0 aliphatic heterocycles. The monoisotopic (exact) mass is 276 g/mol. The number of nitrogens with zero attached hydrogens (tertiary/aromatic N) is 1. The van der Waals surface area contributed by atoms with Gasteiger partial charge in [-0.3, -0.25) is 10.1 Å². The minimum atomic E-state index is -3.18. The van der Waals surface area contributed by atoms with Crippen LogP contribution in [0.1, 0.15) is 17.3 Å². The van der Waals surface area contributed by atoms with Crippen molar-refractivity contribution in [2.24, 2.45) is 0 Å². The fourth-order valence-electron chi connectivity index (χ4n) is 1.31. The lowest BCUT2D eigenvalue weighted by atomic mass is 10.1. The number of carbonyl (C=O) groups is 1. The lowest BCUT2D eigenvalue weighted by Gasteiger charge is -2.09. The first-order valence-electron chi connectivity index (χ1n) is 5.06. The van der Waals surface area contributed by atoms with E-state index in [2.05, 4.69) is 9.47 Å². The lowest BCUT2D eigenvalue weighted by molar-refractivity contribution is -0.384. The van der Waals surface area contributed by atoms with Crippen molar-refractivity contribution in [2.45, 2.75) is 13.5 Å². The molecule has 0 amide bonds. The molecule has 1 aromatic carbocycles. The van der Waals surface area contributed by atoms with Crippen LogP contribution < -0.4 is 10.5 Å². The number of nitrogen functional groups attached to an aromatic ring is 1. The van der Waals surface area contributed by atoms with Crippen LogP contribution in [0.25, 0.3) is 0 Å². The minimum absolute atomic E-state index is 0.00596. The Balaban J connectivity index is 3.31. The summed E-state index contributed by atoms with van der Waals surface area (Å²) in [6, 6.07) is 1.58. The molecule has 0 radical (unpaired) electrons. The maximum atomic E-state index is 12.1. The number of rotatable bonds is 5. The average molecular weight is 276 g/mol. The quantitative estimate of drug-likeness (QED) is 0.381. The molecule has 0 spiro atoms. The van der Waals surface area contributed by atoms with E-state index in [1.165, 1.54) is 6.92 Å². The van der Waals surface area contributed by atoms with Gasteiger partial charge in [0.2, 0.25) is 0 Å². The van der Waals surface area contributed by atoms with Gasteiger partial charge >= 0.3 is 12.6 Å². The second-order valence-corrected chi connectivity index (χ2v) is 3.26. The predicted octanol–water partition coefficient (Wildman–Crippen LogP) is 1.96. The number of halogens is 2. The Bertz CT molecular complexity index is 507. The Morgan fingerprint density at radius 3 is 2.63 bits per heavy atom. The van der Waals surface area contributed by atoms with Gasteiger partial charge in [0, 0.05) is 0 Å². The number of nitro groups is 1. The molecule has 1 rings (SSSR count). The third-order valence-corrected chi connectivity index (χ3v) is 2.05. The second-order valence-electron chi connectivity index (χ2n) is 3.26. The van der Waals surface area contributed by atoms with Crippen molar-refractivity contribution in [2.75, 3.05) is 12.3 Å². The molecule has 2 N–H and O–H groups in total. The van der Waals surface area contributed by atoms with Crippen molar-refractivity contribution in [1.82, 2.24) is 0 Å². The molecule has 1 aromatic rings. The first-order valence-corrected chi connectivity index (χ1v) is 5.06. The molecule has 0 saturated heterocycles. The zero-order valence-corrected chi connectivity index (χ0v) is 9.76. The molecular formula is C10H10F2N2O5. The molecule has 0 bridgehead atoms. The largest absolute Gasteiger partial charge is 0.462 e. The van der Waals surface area contributed by atoms with E-state index in [1.54, 1.807) is 0 Å². The molecule has 0 heterocycles. The van der Waals surface area contributed by atoms with Gasteiger partial charge in [0.15, 0.2) is 0 Å². The van der Waals surface area contributed by atoms with Gasteiger partial charge in [-0.2, -0.15) is 8.78 Å². The molecule has 0 aliphatic carbocycles. The number of ether oxygens (including phenoxy) is 2. The Morgan fingerprint density at radius 1 is 1.53 bits per heavy atom. The second kappa shape index (κ2) is 5.94. The van der Waals surface area contributed by atoms with E-state index in [0.717, 1.165) is 6.07 Å². The number of carbonyl (C=O) groups excluding carboxylic acids is 1. The predicted molar refractivity (Wildman–Crippen MR) is 60.1 cm³/mol. The molecule has 0 atom stereocenters. The highest BCUT2D eigenvalue weighted by Crippen LogP contribution is 2.32. The Labute approximate surface area is 106 Å². The van der Waals surface area contributed by atoms with E-state index in [1.807, 2.05) is 0 Å². The molecule has 0 aliphatic rings. The van der Waals surface area contributed by atoms with Crippen LogP contribution in [0, 0.1) is 10.1 Å². The van der Waals surface area contributed by atoms with Gasteiger partial charge in [-0.15, -0.1) is 0 Å². The third kappa shape index (κ3) is 3.50. The molecule has 7 nitrogen and oxygen atoms in total. The summed E-state index contributed by atoms with van der Waals surface area (Å²) < 4.78 is 32.8. The van der Waals surface area contributed by atoms with Crippen LogP contribution in [0.15, 0.2) is 12.1 Å². The van der Waals surface area contributed by atoms with Crippen LogP contribution >= 0.6 is 0 Å². The molecular weight excluding hydrogens is 266 g/mol. The fourth-order valence-corrected chi connectivity index (χ4v) is 1.31. The number of alkyl halides is 2. The molecule has 0 unspecified atom stereocenters. The Hall–Kier alpha value is -2.45. The smallest absolute Gasteiger partial charge is 0.387 e. The van der Waals surface area contributed by atoms with Gasteiger partial charge in [0.1, 0.15) is 11.4 Å². The highest BCUT2D eigenvalue weighted by Gasteiger charge is 2.23. The zero-order chi connectivity index (χ0) is 14.6. The van der Waals surface area contributed by atoms with E-state index >= 15 is 0 Å². The standard InChI is InChI=1S/C10H10F2N2O5/c1-2-18-9(15)6-3-5(19-10(11)12)4-7(8(6)13)14(16)17/h3-4,10H,2,13H2,1H3. The van der Waals surface area contributed by atoms with Crippen LogP contribution in [0.5, 0.6) is 5.75 Å². The van der Waals surface area contributed by atoms with Gasteiger partial charge in [-0.25, -0.2) is 4.79 Å². The number of anilines is 1. The number of benzene rings is 1. The first kappa shape index (κ1) is 14.6. The van der Waals surface area contributed by atoms with Gasteiger partial charge in [-0.05, 0) is 13.0 Å². The summed E-state index contributed by atoms with van der Waals surface area (Å²) >= 11 is 0.